The molecule has 7 nitrogen and oxygen atoms in total. The molecule has 0 aliphatic carbocycles. The number of rotatable bonds is 4. The molecule has 8 heteroatoms. The number of aromatic nitrogens is 1. The smallest absolute Gasteiger partial charge is 0.282 e. The van der Waals surface area contributed by atoms with Crippen LogP contribution in [0.5, 0.6) is 5.75 Å². The average molecular weight is 293 g/mol. The number of aromatic hydroxyl groups is 1. The largest absolute Gasteiger partial charge is 0.508 e. The van der Waals surface area contributed by atoms with E-state index in [4.69, 9.17) is 0 Å². The van der Waals surface area contributed by atoms with Gasteiger partial charge in [-0.05, 0) is 19.1 Å². The van der Waals surface area contributed by atoms with Crippen LogP contribution in [0, 0.1) is 17.0 Å². The molecule has 0 atom stereocenters. The monoisotopic (exact) mass is 293 g/mol. The molecular formula is C12H11N3O4S. The Labute approximate surface area is 118 Å². The Hall–Kier alpha value is -2.48. The van der Waals surface area contributed by atoms with E-state index in [-0.39, 0.29) is 23.5 Å². The average Bonchev–Trinajstić information content (AvgIpc) is 2.81. The summed E-state index contributed by atoms with van der Waals surface area (Å²) in [6.07, 6.45) is 0. The van der Waals surface area contributed by atoms with Crippen molar-refractivity contribution in [1.82, 2.24) is 10.3 Å². The molecule has 1 heterocycles. The van der Waals surface area contributed by atoms with Gasteiger partial charge in [0.2, 0.25) is 0 Å². The van der Waals surface area contributed by atoms with E-state index >= 15 is 0 Å². The quantitative estimate of drug-likeness (QED) is 0.662. The van der Waals surface area contributed by atoms with E-state index in [9.17, 15) is 20.0 Å². The van der Waals surface area contributed by atoms with E-state index in [1.54, 1.807) is 0 Å². The maximum atomic E-state index is 12.0. The topological polar surface area (TPSA) is 105 Å². The number of carbonyl (C=O) groups excluding carboxylic acids is 1. The second-order valence-electron chi connectivity index (χ2n) is 4.02. The first-order valence-electron chi connectivity index (χ1n) is 5.64. The van der Waals surface area contributed by atoms with Crippen molar-refractivity contribution in [3.8, 4) is 5.75 Å². The van der Waals surface area contributed by atoms with Crippen molar-refractivity contribution in [3.05, 3.63) is 50.0 Å². The molecule has 0 unspecified atom stereocenters. The molecule has 2 aromatic rings. The second-order valence-corrected chi connectivity index (χ2v) is 4.97. The van der Waals surface area contributed by atoms with E-state index in [0.717, 1.165) is 17.8 Å². The third-order valence-corrected chi connectivity index (χ3v) is 3.45. The number of phenols is 1. The van der Waals surface area contributed by atoms with Crippen LogP contribution in [0.25, 0.3) is 0 Å². The molecule has 0 aliphatic heterocycles. The van der Waals surface area contributed by atoms with Crippen molar-refractivity contribution >= 4 is 22.9 Å². The highest BCUT2D eigenvalue weighted by molar-refractivity contribution is 7.09. The number of aryl methyl sites for hydroxylation is 1. The lowest BCUT2D eigenvalue weighted by Gasteiger charge is -2.04. The fraction of sp³-hybridized carbons (Fsp3) is 0.167. The molecule has 0 fully saturated rings. The Morgan fingerprint density at radius 1 is 1.55 bits per heavy atom. The molecule has 2 N–H and O–H groups in total. The van der Waals surface area contributed by atoms with Crippen molar-refractivity contribution in [1.29, 1.82) is 0 Å². The molecule has 0 bridgehead atoms. The fourth-order valence-electron chi connectivity index (χ4n) is 1.60. The fourth-order valence-corrected chi connectivity index (χ4v) is 2.31. The Morgan fingerprint density at radius 3 is 2.90 bits per heavy atom. The van der Waals surface area contributed by atoms with Crippen LogP contribution >= 0.6 is 11.3 Å². The van der Waals surface area contributed by atoms with Gasteiger partial charge in [-0.1, -0.05) is 0 Å². The first kappa shape index (κ1) is 13.9. The Kier molecular flexibility index (Phi) is 3.94. The number of nitrogens with zero attached hydrogens (tertiary/aromatic N) is 2. The molecule has 0 aliphatic rings. The van der Waals surface area contributed by atoms with Crippen molar-refractivity contribution in [2.45, 2.75) is 13.5 Å². The van der Waals surface area contributed by atoms with E-state index in [0.29, 0.717) is 5.01 Å². The number of nitro groups is 1. The molecule has 104 valence electrons. The molecule has 1 aromatic carbocycles. The highest BCUT2D eigenvalue weighted by Crippen LogP contribution is 2.23. The van der Waals surface area contributed by atoms with Gasteiger partial charge in [0, 0.05) is 17.1 Å². The van der Waals surface area contributed by atoms with Gasteiger partial charge in [-0.15, -0.1) is 11.3 Å². The van der Waals surface area contributed by atoms with Gasteiger partial charge in [0.15, 0.2) is 0 Å². The van der Waals surface area contributed by atoms with Crippen LogP contribution in [0.15, 0.2) is 23.6 Å². The minimum Gasteiger partial charge on any atom is -0.508 e. The molecule has 0 spiro atoms. The van der Waals surface area contributed by atoms with Crippen LogP contribution in [0.3, 0.4) is 0 Å². The number of benzene rings is 1. The zero-order chi connectivity index (χ0) is 14.7. The molecule has 0 saturated heterocycles. The summed E-state index contributed by atoms with van der Waals surface area (Å²) in [6, 6.07) is 3.33. The molecule has 1 amide bonds. The Bertz CT molecular complexity index is 668. The van der Waals surface area contributed by atoms with Crippen LogP contribution in [-0.4, -0.2) is 20.9 Å². The number of hydrogen-bond donors (Lipinski definition) is 2. The van der Waals surface area contributed by atoms with Gasteiger partial charge in [0.05, 0.1) is 11.5 Å². The minimum atomic E-state index is -0.665. The van der Waals surface area contributed by atoms with Crippen LogP contribution in [-0.2, 0) is 6.54 Å². The summed E-state index contributed by atoms with van der Waals surface area (Å²) in [7, 11) is 0. The summed E-state index contributed by atoms with van der Waals surface area (Å²) in [5.74, 6) is -0.828. The highest BCUT2D eigenvalue weighted by Gasteiger charge is 2.20. The van der Waals surface area contributed by atoms with Gasteiger partial charge >= 0.3 is 0 Å². The number of nitrogens with one attached hydrogen (secondary N) is 1. The van der Waals surface area contributed by atoms with Crippen molar-refractivity contribution in [2.24, 2.45) is 0 Å². The second kappa shape index (κ2) is 5.66. The maximum absolute atomic E-state index is 12.0. The van der Waals surface area contributed by atoms with Gasteiger partial charge in [-0.2, -0.15) is 0 Å². The standard InChI is InChI=1S/C12H11N3O4S/c1-7-6-20-11(14-7)5-13-12(17)9-4-8(16)2-3-10(9)15(18)19/h2-4,6,16H,5H2,1H3,(H,13,17). The number of nitro benzene ring substituents is 1. The maximum Gasteiger partial charge on any atom is 0.282 e. The van der Waals surface area contributed by atoms with Gasteiger partial charge in [-0.25, -0.2) is 4.98 Å². The molecule has 20 heavy (non-hydrogen) atoms. The lowest BCUT2D eigenvalue weighted by atomic mass is 10.1. The summed E-state index contributed by atoms with van der Waals surface area (Å²) in [5, 5.41) is 25.3. The van der Waals surface area contributed by atoms with E-state index in [2.05, 4.69) is 10.3 Å². The molecular weight excluding hydrogens is 282 g/mol. The zero-order valence-corrected chi connectivity index (χ0v) is 11.3. The number of hydrogen-bond acceptors (Lipinski definition) is 6. The molecule has 2 rings (SSSR count). The predicted molar refractivity (Wildman–Crippen MR) is 72.8 cm³/mol. The van der Waals surface area contributed by atoms with Crippen LogP contribution in [0.1, 0.15) is 21.1 Å². The molecule has 0 radical (unpaired) electrons. The van der Waals surface area contributed by atoms with Crippen LogP contribution < -0.4 is 5.32 Å². The van der Waals surface area contributed by atoms with E-state index in [1.807, 2.05) is 12.3 Å². The van der Waals surface area contributed by atoms with Gasteiger partial charge < -0.3 is 10.4 Å². The van der Waals surface area contributed by atoms with Gasteiger partial charge in [0.25, 0.3) is 11.6 Å². The molecule has 1 aromatic heterocycles. The first-order chi connectivity index (χ1) is 9.47. The number of amides is 1. The Balaban J connectivity index is 2.16. The molecule has 0 saturated carbocycles. The minimum absolute atomic E-state index is 0.178. The Morgan fingerprint density at radius 2 is 2.30 bits per heavy atom. The van der Waals surface area contributed by atoms with Gasteiger partial charge in [0.1, 0.15) is 16.3 Å². The third-order valence-electron chi connectivity index (χ3n) is 2.49. The predicted octanol–water partition coefficient (Wildman–Crippen LogP) is 2.00. The zero-order valence-electron chi connectivity index (χ0n) is 10.5. The van der Waals surface area contributed by atoms with Crippen LogP contribution in [0.2, 0.25) is 0 Å². The van der Waals surface area contributed by atoms with E-state index < -0.39 is 10.8 Å². The van der Waals surface area contributed by atoms with Gasteiger partial charge in [-0.3, -0.25) is 14.9 Å². The number of carbonyl (C=O) groups is 1. The summed E-state index contributed by atoms with van der Waals surface area (Å²) < 4.78 is 0. The van der Waals surface area contributed by atoms with Crippen molar-refractivity contribution in [3.63, 3.8) is 0 Å². The number of phenolic OH excluding ortho intramolecular Hbond substituents is 1. The summed E-state index contributed by atoms with van der Waals surface area (Å²) >= 11 is 1.39. The third kappa shape index (κ3) is 3.09. The van der Waals surface area contributed by atoms with Crippen LogP contribution in [0.4, 0.5) is 5.69 Å². The summed E-state index contributed by atoms with van der Waals surface area (Å²) in [4.78, 5) is 26.3. The van der Waals surface area contributed by atoms with Crippen molar-refractivity contribution < 1.29 is 14.8 Å². The van der Waals surface area contributed by atoms with E-state index in [1.165, 1.54) is 17.4 Å². The summed E-state index contributed by atoms with van der Waals surface area (Å²) in [6.45, 7) is 2.02. The highest BCUT2D eigenvalue weighted by atomic mass is 32.1. The lowest BCUT2D eigenvalue weighted by molar-refractivity contribution is -0.385. The lowest BCUT2D eigenvalue weighted by Crippen LogP contribution is -2.23. The van der Waals surface area contributed by atoms with Crippen molar-refractivity contribution in [2.75, 3.05) is 0 Å². The number of thiazole rings is 1. The summed E-state index contributed by atoms with van der Waals surface area (Å²) in [5.41, 5.74) is 0.321. The first-order valence-corrected chi connectivity index (χ1v) is 6.52. The SMILES string of the molecule is Cc1csc(CNC(=O)c2cc(O)ccc2[N+](=O)[O-])n1. The normalized spacial score (nSPS) is 10.2.